The van der Waals surface area contributed by atoms with Crippen LogP contribution in [0.1, 0.15) is 52.4 Å². The van der Waals surface area contributed by atoms with Crippen LogP contribution in [0.5, 0.6) is 0 Å². The molecule has 1 rings (SSSR count). The van der Waals surface area contributed by atoms with Crippen LogP contribution in [0.25, 0.3) is 0 Å². The Kier molecular flexibility index (Phi) is 6.25. The summed E-state index contributed by atoms with van der Waals surface area (Å²) in [6.07, 6.45) is 7.02. The van der Waals surface area contributed by atoms with Crippen LogP contribution >= 0.6 is 12.6 Å². The van der Waals surface area contributed by atoms with Gasteiger partial charge in [-0.1, -0.05) is 32.6 Å². The first-order chi connectivity index (χ1) is 7.69. The summed E-state index contributed by atoms with van der Waals surface area (Å²) in [5, 5.41) is 0. The van der Waals surface area contributed by atoms with Crippen molar-refractivity contribution >= 4 is 18.5 Å². The summed E-state index contributed by atoms with van der Waals surface area (Å²) in [5.74, 6) is 1.65. The number of nitrogens with zero attached hydrogens (tertiary/aromatic N) is 1. The summed E-state index contributed by atoms with van der Waals surface area (Å²) in [7, 11) is 0. The number of carbonyl (C=O) groups is 1. The molecule has 1 aliphatic heterocycles. The van der Waals surface area contributed by atoms with Gasteiger partial charge in [0.05, 0.1) is 0 Å². The second-order valence-corrected chi connectivity index (χ2v) is 5.36. The lowest BCUT2D eigenvalue weighted by atomic mass is 10.1. The largest absolute Gasteiger partial charge is 0.340 e. The molecule has 3 heteroatoms. The van der Waals surface area contributed by atoms with Crippen LogP contribution in [-0.4, -0.2) is 29.1 Å². The second kappa shape index (κ2) is 7.21. The number of hydrogen-bond donors (Lipinski definition) is 1. The van der Waals surface area contributed by atoms with Crippen LogP contribution < -0.4 is 0 Å². The third-order valence-corrected chi connectivity index (χ3v) is 4.02. The van der Waals surface area contributed by atoms with Gasteiger partial charge in [0.2, 0.25) is 5.91 Å². The monoisotopic (exact) mass is 243 g/mol. The van der Waals surface area contributed by atoms with Gasteiger partial charge in [-0.2, -0.15) is 12.6 Å². The molecule has 0 N–H and O–H groups in total. The van der Waals surface area contributed by atoms with Crippen molar-refractivity contribution in [3.8, 4) is 0 Å². The van der Waals surface area contributed by atoms with Crippen LogP contribution in [0, 0.1) is 5.92 Å². The minimum Gasteiger partial charge on any atom is -0.340 e. The molecule has 1 fully saturated rings. The van der Waals surface area contributed by atoms with Gasteiger partial charge in [0.1, 0.15) is 0 Å². The normalized spacial score (nSPS) is 22.8. The zero-order valence-corrected chi connectivity index (χ0v) is 11.5. The van der Waals surface area contributed by atoms with Crippen molar-refractivity contribution in [2.24, 2.45) is 5.92 Å². The van der Waals surface area contributed by atoms with E-state index in [4.69, 9.17) is 0 Å². The zero-order valence-electron chi connectivity index (χ0n) is 10.6. The van der Waals surface area contributed by atoms with E-state index in [2.05, 4.69) is 31.4 Å². The number of hydrogen-bond acceptors (Lipinski definition) is 2. The molecule has 94 valence electrons. The number of rotatable bonds is 7. The Bertz CT molecular complexity index is 220. The molecule has 16 heavy (non-hydrogen) atoms. The summed E-state index contributed by atoms with van der Waals surface area (Å²) >= 11 is 4.28. The fourth-order valence-corrected chi connectivity index (χ4v) is 2.62. The molecule has 0 bridgehead atoms. The minimum atomic E-state index is 0.335. The SMILES string of the molecule is CCCCCCC(C)N1CC(CS)CC1=O. The van der Waals surface area contributed by atoms with E-state index in [-0.39, 0.29) is 0 Å². The summed E-state index contributed by atoms with van der Waals surface area (Å²) < 4.78 is 0. The number of likely N-dealkylation sites (tertiary alicyclic amines) is 1. The maximum atomic E-state index is 11.8. The molecule has 0 radical (unpaired) electrons. The maximum absolute atomic E-state index is 11.8. The Balaban J connectivity index is 2.25. The highest BCUT2D eigenvalue weighted by molar-refractivity contribution is 7.80. The molecule has 0 spiro atoms. The molecule has 2 atom stereocenters. The number of amides is 1. The van der Waals surface area contributed by atoms with E-state index in [1.54, 1.807) is 0 Å². The molecule has 2 unspecified atom stereocenters. The highest BCUT2D eigenvalue weighted by atomic mass is 32.1. The molecular weight excluding hydrogens is 218 g/mol. The van der Waals surface area contributed by atoms with Gasteiger partial charge in [0.15, 0.2) is 0 Å². The van der Waals surface area contributed by atoms with Gasteiger partial charge >= 0.3 is 0 Å². The highest BCUT2D eigenvalue weighted by Crippen LogP contribution is 2.23. The highest BCUT2D eigenvalue weighted by Gasteiger charge is 2.31. The summed E-state index contributed by atoms with van der Waals surface area (Å²) in [6, 6.07) is 0.425. The number of unbranched alkanes of at least 4 members (excludes halogenated alkanes) is 3. The molecule has 1 amide bonds. The van der Waals surface area contributed by atoms with E-state index in [0.717, 1.165) is 18.7 Å². The Morgan fingerprint density at radius 2 is 2.19 bits per heavy atom. The predicted molar refractivity (Wildman–Crippen MR) is 71.9 cm³/mol. The molecule has 0 aromatic carbocycles. The lowest BCUT2D eigenvalue weighted by molar-refractivity contribution is -0.129. The molecule has 1 aliphatic rings. The van der Waals surface area contributed by atoms with Crippen LogP contribution in [0.2, 0.25) is 0 Å². The van der Waals surface area contributed by atoms with Crippen molar-refractivity contribution in [2.45, 2.75) is 58.4 Å². The topological polar surface area (TPSA) is 20.3 Å². The van der Waals surface area contributed by atoms with E-state index in [1.807, 2.05) is 0 Å². The van der Waals surface area contributed by atoms with Crippen LogP contribution in [-0.2, 0) is 4.79 Å². The summed E-state index contributed by atoms with van der Waals surface area (Å²) in [4.78, 5) is 13.8. The van der Waals surface area contributed by atoms with E-state index in [9.17, 15) is 4.79 Å². The number of thiol groups is 1. The molecule has 0 aliphatic carbocycles. The van der Waals surface area contributed by atoms with Gasteiger partial charge in [-0.25, -0.2) is 0 Å². The van der Waals surface area contributed by atoms with Gasteiger partial charge in [-0.3, -0.25) is 4.79 Å². The van der Waals surface area contributed by atoms with E-state index < -0.39 is 0 Å². The van der Waals surface area contributed by atoms with Crippen molar-refractivity contribution in [3.63, 3.8) is 0 Å². The van der Waals surface area contributed by atoms with Crippen LogP contribution in [0.15, 0.2) is 0 Å². The first kappa shape index (κ1) is 13.9. The zero-order chi connectivity index (χ0) is 12.0. The van der Waals surface area contributed by atoms with Crippen molar-refractivity contribution in [1.82, 2.24) is 4.90 Å². The minimum absolute atomic E-state index is 0.335. The summed E-state index contributed by atoms with van der Waals surface area (Å²) in [6.45, 7) is 5.34. The van der Waals surface area contributed by atoms with Crippen molar-refractivity contribution in [2.75, 3.05) is 12.3 Å². The Morgan fingerprint density at radius 1 is 1.44 bits per heavy atom. The lowest BCUT2D eigenvalue weighted by Crippen LogP contribution is -2.34. The van der Waals surface area contributed by atoms with E-state index in [0.29, 0.717) is 24.3 Å². The van der Waals surface area contributed by atoms with E-state index in [1.165, 1.54) is 25.7 Å². The van der Waals surface area contributed by atoms with Gasteiger partial charge in [0.25, 0.3) is 0 Å². The third-order valence-electron chi connectivity index (χ3n) is 3.50. The standard InChI is InChI=1S/C13H25NOS/c1-3-4-5-6-7-11(2)14-9-12(10-16)8-13(14)15/h11-12,16H,3-10H2,1-2H3. The van der Waals surface area contributed by atoms with Gasteiger partial charge < -0.3 is 4.90 Å². The third kappa shape index (κ3) is 4.00. The molecule has 1 saturated heterocycles. The molecular formula is C13H25NOS. The van der Waals surface area contributed by atoms with E-state index >= 15 is 0 Å². The second-order valence-electron chi connectivity index (χ2n) is 5.00. The van der Waals surface area contributed by atoms with Gasteiger partial charge in [0, 0.05) is 19.0 Å². The lowest BCUT2D eigenvalue weighted by Gasteiger charge is -2.24. The fourth-order valence-electron chi connectivity index (χ4n) is 2.38. The number of carbonyl (C=O) groups excluding carboxylic acids is 1. The smallest absolute Gasteiger partial charge is 0.223 e. The molecule has 0 saturated carbocycles. The average molecular weight is 243 g/mol. The quantitative estimate of drug-likeness (QED) is 0.538. The van der Waals surface area contributed by atoms with Gasteiger partial charge in [-0.05, 0) is 25.0 Å². The maximum Gasteiger partial charge on any atom is 0.223 e. The van der Waals surface area contributed by atoms with Crippen molar-refractivity contribution < 1.29 is 4.79 Å². The van der Waals surface area contributed by atoms with Crippen molar-refractivity contribution in [3.05, 3.63) is 0 Å². The Hall–Kier alpha value is -0.180. The summed E-state index contributed by atoms with van der Waals surface area (Å²) in [5.41, 5.74) is 0. The Labute approximate surface area is 105 Å². The van der Waals surface area contributed by atoms with Crippen LogP contribution in [0.4, 0.5) is 0 Å². The van der Waals surface area contributed by atoms with Crippen LogP contribution in [0.3, 0.4) is 0 Å². The molecule has 2 nitrogen and oxygen atoms in total. The fraction of sp³-hybridized carbons (Fsp3) is 0.923. The first-order valence-electron chi connectivity index (χ1n) is 6.59. The van der Waals surface area contributed by atoms with Crippen molar-refractivity contribution in [1.29, 1.82) is 0 Å². The average Bonchev–Trinajstić information content (AvgIpc) is 2.66. The van der Waals surface area contributed by atoms with Gasteiger partial charge in [-0.15, -0.1) is 0 Å². The molecule has 0 aromatic rings. The first-order valence-corrected chi connectivity index (χ1v) is 7.22. The molecule has 0 aromatic heterocycles. The predicted octanol–water partition coefficient (Wildman–Crippen LogP) is 3.12. The Morgan fingerprint density at radius 3 is 2.75 bits per heavy atom. The molecule has 1 heterocycles.